The molecule has 0 fully saturated rings. The largest absolute Gasteiger partial charge is 0.550 e. The quantitative estimate of drug-likeness (QED) is 0.512. The van der Waals surface area contributed by atoms with Gasteiger partial charge in [0.1, 0.15) is 13.1 Å². The minimum absolute atomic E-state index is 0.181. The predicted molar refractivity (Wildman–Crippen MR) is 55.3 cm³/mol. The molecule has 0 saturated carbocycles. The summed E-state index contributed by atoms with van der Waals surface area (Å²) in [6, 6.07) is 0. The van der Waals surface area contributed by atoms with Gasteiger partial charge in [0.25, 0.3) is 0 Å². The maximum atomic E-state index is 9.49. The first-order chi connectivity index (χ1) is 7.45. The molecular formula is C10H24N2O4. The fourth-order valence-electron chi connectivity index (χ4n) is 0.408. The van der Waals surface area contributed by atoms with Gasteiger partial charge < -0.3 is 31.3 Å². The van der Waals surface area contributed by atoms with E-state index in [1.165, 1.54) is 0 Å². The van der Waals surface area contributed by atoms with E-state index >= 15 is 0 Å². The molecule has 0 saturated heterocycles. The summed E-state index contributed by atoms with van der Waals surface area (Å²) in [5, 5.41) is 19.0. The second-order valence-corrected chi connectivity index (χ2v) is 2.95. The van der Waals surface area contributed by atoms with Crippen molar-refractivity contribution in [2.45, 2.75) is 39.5 Å². The molecule has 0 heterocycles. The van der Waals surface area contributed by atoms with Crippen LogP contribution in [0.3, 0.4) is 0 Å². The second-order valence-electron chi connectivity index (χ2n) is 2.95. The summed E-state index contributed by atoms with van der Waals surface area (Å²) in [5.41, 5.74) is 7.08. The van der Waals surface area contributed by atoms with Crippen LogP contribution in [0.15, 0.2) is 0 Å². The first-order valence-corrected chi connectivity index (χ1v) is 5.44. The van der Waals surface area contributed by atoms with E-state index in [9.17, 15) is 19.8 Å². The molecule has 0 rings (SSSR count). The summed E-state index contributed by atoms with van der Waals surface area (Å²) in [7, 11) is 0. The molecule has 0 aromatic carbocycles. The predicted octanol–water partition coefficient (Wildman–Crippen LogP) is -3.46. The number of carbonyl (C=O) groups excluding carboxylic acids is 2. The number of rotatable bonds is 5. The summed E-state index contributed by atoms with van der Waals surface area (Å²) in [6.45, 7) is 5.52. The number of carboxylic acids is 2. The lowest BCUT2D eigenvalue weighted by Crippen LogP contribution is -2.64. The van der Waals surface area contributed by atoms with Crippen LogP contribution < -0.4 is 21.7 Å². The van der Waals surface area contributed by atoms with Crippen molar-refractivity contribution < 1.29 is 31.3 Å². The molecule has 0 aliphatic carbocycles. The van der Waals surface area contributed by atoms with Crippen LogP contribution in [0.5, 0.6) is 0 Å². The highest BCUT2D eigenvalue weighted by atomic mass is 16.4. The van der Waals surface area contributed by atoms with Crippen LogP contribution in [0.4, 0.5) is 0 Å². The Balaban J connectivity index is -0.000000162. The Bertz CT molecular complexity index is 145. The Labute approximate surface area is 96.6 Å². The van der Waals surface area contributed by atoms with E-state index in [-0.39, 0.29) is 12.8 Å². The van der Waals surface area contributed by atoms with Gasteiger partial charge in [-0.3, -0.25) is 0 Å². The van der Waals surface area contributed by atoms with Crippen molar-refractivity contribution in [3.63, 3.8) is 0 Å². The van der Waals surface area contributed by atoms with Gasteiger partial charge in [-0.2, -0.15) is 0 Å². The molecule has 0 bridgehead atoms. The number of hydrogen-bond donors (Lipinski definition) is 2. The molecule has 6 nitrogen and oxygen atoms in total. The molecular weight excluding hydrogens is 212 g/mol. The molecule has 0 radical (unpaired) electrons. The molecule has 0 spiro atoms. The van der Waals surface area contributed by atoms with Gasteiger partial charge in [0.15, 0.2) is 0 Å². The molecule has 6 N–H and O–H groups in total. The Morgan fingerprint density at radius 3 is 1.12 bits per heavy atom. The maximum Gasteiger partial charge on any atom is 0.124 e. The summed E-state index contributed by atoms with van der Waals surface area (Å²) in [5.74, 6) is -1.92. The van der Waals surface area contributed by atoms with Crippen molar-refractivity contribution in [1.82, 2.24) is 0 Å². The van der Waals surface area contributed by atoms with Crippen LogP contribution in [0.2, 0.25) is 0 Å². The van der Waals surface area contributed by atoms with Gasteiger partial charge in [0.05, 0.1) is 0 Å². The zero-order valence-electron chi connectivity index (χ0n) is 10.3. The zero-order valence-corrected chi connectivity index (χ0v) is 10.3. The Morgan fingerprint density at radius 2 is 1.12 bits per heavy atom. The molecule has 98 valence electrons. The van der Waals surface area contributed by atoms with Crippen molar-refractivity contribution in [1.29, 1.82) is 0 Å². The summed E-state index contributed by atoms with van der Waals surface area (Å²) >= 11 is 0. The van der Waals surface area contributed by atoms with Gasteiger partial charge in [-0.15, -0.1) is 0 Å². The van der Waals surface area contributed by atoms with E-state index < -0.39 is 11.9 Å². The van der Waals surface area contributed by atoms with Crippen molar-refractivity contribution in [3.05, 3.63) is 0 Å². The monoisotopic (exact) mass is 236 g/mol. The fraction of sp³-hybridized carbons (Fsp3) is 0.800. The average molecular weight is 236 g/mol. The van der Waals surface area contributed by atoms with Crippen molar-refractivity contribution in [2.24, 2.45) is 0 Å². The molecule has 0 amide bonds. The number of carboxylic acid groups (broad SMARTS) is 2. The van der Waals surface area contributed by atoms with E-state index in [0.717, 1.165) is 13.1 Å². The Kier molecular flexibility index (Phi) is 24.7. The summed E-state index contributed by atoms with van der Waals surface area (Å²) in [6.07, 6.45) is 1.70. The minimum Gasteiger partial charge on any atom is -0.550 e. The van der Waals surface area contributed by atoms with Crippen LogP contribution in [0.25, 0.3) is 0 Å². The highest BCUT2D eigenvalue weighted by Gasteiger charge is 1.75. The molecule has 6 heteroatoms. The van der Waals surface area contributed by atoms with Gasteiger partial charge >= 0.3 is 0 Å². The average Bonchev–Trinajstić information content (AvgIpc) is 2.18. The van der Waals surface area contributed by atoms with Crippen LogP contribution in [-0.4, -0.2) is 25.0 Å². The molecule has 0 aromatic rings. The van der Waals surface area contributed by atoms with Gasteiger partial charge in [-0.25, -0.2) is 0 Å². The minimum atomic E-state index is -0.961. The first kappa shape index (κ1) is 20.3. The lowest BCUT2D eigenvalue weighted by atomic mass is 10.4. The lowest BCUT2D eigenvalue weighted by Gasteiger charge is -1.92. The van der Waals surface area contributed by atoms with E-state index in [0.29, 0.717) is 12.8 Å². The topological polar surface area (TPSA) is 136 Å². The SMILES string of the molecule is CCCC(=O)[O-].CCCC(=O)[O-].[NH3+]CC[NH3+]. The second kappa shape index (κ2) is 19.4. The van der Waals surface area contributed by atoms with Crippen molar-refractivity contribution >= 4 is 11.9 Å². The van der Waals surface area contributed by atoms with Crippen LogP contribution in [0, 0.1) is 0 Å². The van der Waals surface area contributed by atoms with Gasteiger partial charge in [0, 0.05) is 11.9 Å². The highest BCUT2D eigenvalue weighted by Crippen LogP contribution is 1.79. The molecule has 0 atom stereocenters. The van der Waals surface area contributed by atoms with Gasteiger partial charge in [-0.05, 0) is 12.8 Å². The smallest absolute Gasteiger partial charge is 0.124 e. The Morgan fingerprint density at radius 1 is 0.875 bits per heavy atom. The van der Waals surface area contributed by atoms with Crippen LogP contribution >= 0.6 is 0 Å². The molecule has 16 heavy (non-hydrogen) atoms. The van der Waals surface area contributed by atoms with E-state index in [1.807, 2.05) is 0 Å². The third-order valence-electron chi connectivity index (χ3n) is 1.16. The molecule has 0 aromatic heterocycles. The fourth-order valence-corrected chi connectivity index (χ4v) is 0.408. The highest BCUT2D eigenvalue weighted by molar-refractivity contribution is 5.64. The van der Waals surface area contributed by atoms with Gasteiger partial charge in [-0.1, -0.05) is 26.7 Å². The zero-order chi connectivity index (χ0) is 13.4. The number of aliphatic carboxylic acids is 2. The number of hydrogen-bond acceptors (Lipinski definition) is 4. The number of quaternary nitrogens is 2. The molecule has 0 aliphatic heterocycles. The third-order valence-corrected chi connectivity index (χ3v) is 1.16. The van der Waals surface area contributed by atoms with Gasteiger partial charge in [0.2, 0.25) is 0 Å². The lowest BCUT2D eigenvalue weighted by molar-refractivity contribution is -0.453. The number of carbonyl (C=O) groups is 2. The van der Waals surface area contributed by atoms with Crippen LogP contribution in [-0.2, 0) is 9.59 Å². The first-order valence-electron chi connectivity index (χ1n) is 5.44. The third kappa shape index (κ3) is 52.7. The summed E-state index contributed by atoms with van der Waals surface area (Å²) < 4.78 is 0. The van der Waals surface area contributed by atoms with Crippen LogP contribution in [0.1, 0.15) is 39.5 Å². The van der Waals surface area contributed by atoms with E-state index in [2.05, 4.69) is 11.5 Å². The molecule has 0 unspecified atom stereocenters. The standard InChI is InChI=1S/2C4H8O2.C2H8N2/c2*1-2-3-4(5)6;3-1-2-4/h2*2-3H2,1H3,(H,5,6);1-4H2. The summed E-state index contributed by atoms with van der Waals surface area (Å²) in [4.78, 5) is 19.0. The van der Waals surface area contributed by atoms with Crippen molar-refractivity contribution in [2.75, 3.05) is 13.1 Å². The van der Waals surface area contributed by atoms with Crippen molar-refractivity contribution in [3.8, 4) is 0 Å². The van der Waals surface area contributed by atoms with E-state index in [4.69, 9.17) is 0 Å². The van der Waals surface area contributed by atoms with E-state index in [1.54, 1.807) is 13.8 Å². The molecule has 0 aliphatic rings. The normalized spacial score (nSPS) is 8.00. The maximum absolute atomic E-state index is 9.49. The Hall–Kier alpha value is -1.14.